The minimum Gasteiger partial charge on any atom is -0.452 e. The Bertz CT molecular complexity index is 741. The van der Waals surface area contributed by atoms with Crippen LogP contribution < -0.4 is 0 Å². The normalized spacial score (nSPS) is 20.6. The number of ether oxygens (including phenoxy) is 1. The summed E-state index contributed by atoms with van der Waals surface area (Å²) in [7, 11) is 0. The number of benzene rings is 2. The first-order valence-electron chi connectivity index (χ1n) is 10.1. The van der Waals surface area contributed by atoms with E-state index in [0.717, 1.165) is 30.4 Å². The molecule has 0 bridgehead atoms. The predicted octanol–water partition coefficient (Wildman–Crippen LogP) is 4.54. The molecule has 0 aliphatic carbocycles. The van der Waals surface area contributed by atoms with Gasteiger partial charge in [0.25, 0.3) is 5.91 Å². The van der Waals surface area contributed by atoms with E-state index in [1.807, 2.05) is 65.6 Å². The third kappa shape index (κ3) is 4.44. The molecule has 4 nitrogen and oxygen atoms in total. The molecule has 1 saturated heterocycles. The highest BCUT2D eigenvalue weighted by molar-refractivity contribution is 5.87. The third-order valence-electron chi connectivity index (χ3n) is 5.59. The molecular formula is C24H29NO3. The lowest BCUT2D eigenvalue weighted by Crippen LogP contribution is -2.51. The molecule has 1 heterocycles. The summed E-state index contributed by atoms with van der Waals surface area (Å²) >= 11 is 0. The van der Waals surface area contributed by atoms with Crippen molar-refractivity contribution in [3.05, 3.63) is 71.8 Å². The predicted molar refractivity (Wildman–Crippen MR) is 110 cm³/mol. The standard InChI is InChI=1S/C24H29NO3/c1-17-11-10-12-18(2)25(17)23(26)19(3)28-24(27)22(20-13-6-4-7-14-20)21-15-8-5-9-16-21/h4-9,13-19,22H,10-12H2,1-3H3/t17-,18-,19-/m1/s1. The average Bonchev–Trinajstić information content (AvgIpc) is 2.69. The Morgan fingerprint density at radius 2 is 1.36 bits per heavy atom. The minimum atomic E-state index is -0.801. The molecule has 3 atom stereocenters. The summed E-state index contributed by atoms with van der Waals surface area (Å²) < 4.78 is 5.70. The highest BCUT2D eigenvalue weighted by Gasteiger charge is 2.34. The van der Waals surface area contributed by atoms with Crippen molar-refractivity contribution in [2.45, 2.75) is 64.1 Å². The number of amides is 1. The lowest BCUT2D eigenvalue weighted by Gasteiger charge is -2.40. The number of hydrogen-bond donors (Lipinski definition) is 0. The molecule has 1 amide bonds. The molecule has 0 saturated carbocycles. The number of piperidine rings is 1. The highest BCUT2D eigenvalue weighted by Crippen LogP contribution is 2.28. The Kier molecular flexibility index (Phi) is 6.50. The Hall–Kier alpha value is -2.62. The Morgan fingerprint density at radius 1 is 0.893 bits per heavy atom. The fourth-order valence-corrected chi connectivity index (χ4v) is 4.11. The SMILES string of the molecule is C[C@@H]1CCC[C@@H](C)N1C(=O)[C@@H](C)OC(=O)C(c1ccccc1)c1ccccc1. The van der Waals surface area contributed by atoms with Gasteiger partial charge in [-0.1, -0.05) is 60.7 Å². The van der Waals surface area contributed by atoms with Gasteiger partial charge in [-0.25, -0.2) is 0 Å². The van der Waals surface area contributed by atoms with Crippen LogP contribution in [0, 0.1) is 0 Å². The number of esters is 1. The summed E-state index contributed by atoms with van der Waals surface area (Å²) in [5.41, 5.74) is 1.72. The van der Waals surface area contributed by atoms with Gasteiger partial charge in [-0.3, -0.25) is 9.59 Å². The Labute approximate surface area is 167 Å². The van der Waals surface area contributed by atoms with E-state index in [1.165, 1.54) is 0 Å². The van der Waals surface area contributed by atoms with Gasteiger partial charge in [-0.2, -0.15) is 0 Å². The lowest BCUT2D eigenvalue weighted by molar-refractivity contribution is -0.162. The number of carbonyl (C=O) groups excluding carboxylic acids is 2. The van der Waals surface area contributed by atoms with Gasteiger partial charge in [0.05, 0.1) is 0 Å². The van der Waals surface area contributed by atoms with Crippen LogP contribution >= 0.6 is 0 Å². The molecular weight excluding hydrogens is 350 g/mol. The maximum absolute atomic E-state index is 13.1. The van der Waals surface area contributed by atoms with Crippen LogP contribution in [0.15, 0.2) is 60.7 Å². The molecule has 4 heteroatoms. The fraction of sp³-hybridized carbons (Fsp3) is 0.417. The van der Waals surface area contributed by atoms with Crippen LogP contribution in [0.2, 0.25) is 0 Å². The molecule has 0 N–H and O–H groups in total. The van der Waals surface area contributed by atoms with E-state index in [0.29, 0.717) is 0 Å². The number of likely N-dealkylation sites (tertiary alicyclic amines) is 1. The molecule has 0 unspecified atom stereocenters. The summed E-state index contributed by atoms with van der Waals surface area (Å²) in [6.07, 6.45) is 2.32. The highest BCUT2D eigenvalue weighted by atomic mass is 16.5. The molecule has 1 aliphatic heterocycles. The van der Waals surface area contributed by atoms with Gasteiger partial charge in [0.2, 0.25) is 0 Å². The van der Waals surface area contributed by atoms with Crippen LogP contribution in [0.25, 0.3) is 0 Å². The smallest absolute Gasteiger partial charge is 0.318 e. The van der Waals surface area contributed by atoms with E-state index in [4.69, 9.17) is 4.74 Å². The van der Waals surface area contributed by atoms with E-state index < -0.39 is 18.0 Å². The van der Waals surface area contributed by atoms with Crippen molar-refractivity contribution >= 4 is 11.9 Å². The second kappa shape index (κ2) is 9.05. The zero-order valence-corrected chi connectivity index (χ0v) is 16.9. The molecule has 1 aliphatic rings. The van der Waals surface area contributed by atoms with E-state index in [2.05, 4.69) is 13.8 Å². The monoisotopic (exact) mass is 379 g/mol. The molecule has 0 spiro atoms. The van der Waals surface area contributed by atoms with Crippen LogP contribution in [0.3, 0.4) is 0 Å². The van der Waals surface area contributed by atoms with Crippen LogP contribution in [0.5, 0.6) is 0 Å². The average molecular weight is 380 g/mol. The van der Waals surface area contributed by atoms with E-state index in [9.17, 15) is 9.59 Å². The summed E-state index contributed by atoms with van der Waals surface area (Å²) in [6.45, 7) is 5.82. The molecule has 3 rings (SSSR count). The van der Waals surface area contributed by atoms with E-state index in [-0.39, 0.29) is 18.0 Å². The topological polar surface area (TPSA) is 46.6 Å². The van der Waals surface area contributed by atoms with Crippen molar-refractivity contribution in [1.29, 1.82) is 0 Å². The molecule has 0 radical (unpaired) electrons. The quantitative estimate of drug-likeness (QED) is 0.717. The Morgan fingerprint density at radius 3 is 1.82 bits per heavy atom. The second-order valence-corrected chi connectivity index (χ2v) is 7.71. The van der Waals surface area contributed by atoms with Gasteiger partial charge in [0, 0.05) is 12.1 Å². The van der Waals surface area contributed by atoms with E-state index in [1.54, 1.807) is 6.92 Å². The van der Waals surface area contributed by atoms with Crippen molar-refractivity contribution < 1.29 is 14.3 Å². The number of carbonyl (C=O) groups is 2. The first kappa shape index (κ1) is 20.1. The third-order valence-corrected chi connectivity index (χ3v) is 5.59. The van der Waals surface area contributed by atoms with Gasteiger partial charge < -0.3 is 9.64 Å². The summed E-state index contributed by atoms with van der Waals surface area (Å²) in [4.78, 5) is 28.0. The molecule has 148 valence electrons. The van der Waals surface area contributed by atoms with Gasteiger partial charge in [-0.05, 0) is 51.2 Å². The largest absolute Gasteiger partial charge is 0.452 e. The Balaban J connectivity index is 1.79. The van der Waals surface area contributed by atoms with Crippen molar-refractivity contribution in [2.24, 2.45) is 0 Å². The van der Waals surface area contributed by atoms with Crippen molar-refractivity contribution in [3.63, 3.8) is 0 Å². The van der Waals surface area contributed by atoms with E-state index >= 15 is 0 Å². The summed E-state index contributed by atoms with van der Waals surface area (Å²) in [5, 5.41) is 0. The van der Waals surface area contributed by atoms with Crippen LogP contribution in [-0.2, 0) is 14.3 Å². The van der Waals surface area contributed by atoms with Gasteiger partial charge >= 0.3 is 5.97 Å². The maximum atomic E-state index is 13.1. The fourth-order valence-electron chi connectivity index (χ4n) is 4.11. The lowest BCUT2D eigenvalue weighted by atomic mass is 9.91. The van der Waals surface area contributed by atoms with Gasteiger partial charge in [0.15, 0.2) is 6.10 Å². The number of rotatable bonds is 5. The minimum absolute atomic E-state index is 0.104. The van der Waals surface area contributed by atoms with Gasteiger partial charge in [-0.15, -0.1) is 0 Å². The molecule has 28 heavy (non-hydrogen) atoms. The van der Waals surface area contributed by atoms with Crippen molar-refractivity contribution in [3.8, 4) is 0 Å². The van der Waals surface area contributed by atoms with Crippen LogP contribution in [-0.4, -0.2) is 35.0 Å². The number of nitrogens with zero attached hydrogens (tertiary/aromatic N) is 1. The van der Waals surface area contributed by atoms with Crippen LogP contribution in [0.1, 0.15) is 57.1 Å². The molecule has 0 aromatic heterocycles. The van der Waals surface area contributed by atoms with Crippen molar-refractivity contribution in [2.75, 3.05) is 0 Å². The zero-order chi connectivity index (χ0) is 20.1. The first-order valence-corrected chi connectivity index (χ1v) is 10.1. The summed E-state index contributed by atoms with van der Waals surface area (Å²) in [5.74, 6) is -1.04. The summed E-state index contributed by atoms with van der Waals surface area (Å²) in [6, 6.07) is 19.5. The molecule has 1 fully saturated rings. The first-order chi connectivity index (χ1) is 13.5. The van der Waals surface area contributed by atoms with Crippen LogP contribution in [0.4, 0.5) is 0 Å². The number of hydrogen-bond acceptors (Lipinski definition) is 3. The molecule has 2 aromatic carbocycles. The zero-order valence-electron chi connectivity index (χ0n) is 16.9. The second-order valence-electron chi connectivity index (χ2n) is 7.71. The molecule has 2 aromatic rings. The maximum Gasteiger partial charge on any atom is 0.318 e. The van der Waals surface area contributed by atoms with Gasteiger partial charge in [0.1, 0.15) is 5.92 Å². The van der Waals surface area contributed by atoms with Crippen molar-refractivity contribution in [1.82, 2.24) is 4.90 Å².